The lowest BCUT2D eigenvalue weighted by Crippen LogP contribution is -2.26. The molecule has 0 aliphatic heterocycles. The number of amides is 1. The number of hydrogen-bond acceptors (Lipinski definition) is 3. The first-order valence-electron chi connectivity index (χ1n) is 3.38. The lowest BCUT2D eigenvalue weighted by Gasteiger charge is -2.07. The molecule has 0 spiro atoms. The first-order chi connectivity index (χ1) is 6.16. The maximum Gasteiger partial charge on any atom is 0.266 e. The highest BCUT2D eigenvalue weighted by Gasteiger charge is 2.09. The fourth-order valence-electron chi connectivity index (χ4n) is 0.910. The number of carboxylic acid groups (broad SMARTS) is 1. The zero-order chi connectivity index (χ0) is 9.84. The molecule has 0 unspecified atom stereocenters. The van der Waals surface area contributed by atoms with Gasteiger partial charge in [-0.2, -0.15) is 0 Å². The summed E-state index contributed by atoms with van der Waals surface area (Å²) in [5, 5.41) is 10.5. The lowest BCUT2D eigenvalue weighted by atomic mass is 10.1. The van der Waals surface area contributed by atoms with E-state index in [-0.39, 0.29) is 11.1 Å². The molecule has 0 atom stereocenters. The van der Waals surface area contributed by atoms with Crippen molar-refractivity contribution in [3.63, 3.8) is 0 Å². The highest BCUT2D eigenvalue weighted by Crippen LogP contribution is 2.07. The molecule has 0 aliphatic rings. The van der Waals surface area contributed by atoms with Crippen molar-refractivity contribution in [2.75, 3.05) is 0 Å². The van der Waals surface area contributed by atoms with Gasteiger partial charge < -0.3 is 9.90 Å². The van der Waals surface area contributed by atoms with E-state index in [0.29, 0.717) is 0 Å². The average Bonchev–Trinajstić information content (AvgIpc) is 2.16. The zero-order valence-electron chi connectivity index (χ0n) is 6.41. The molecule has 1 rings (SSSR count). The standard InChI is InChI=1S/C8H6ClNO3/c9-10-7(11)5-3-1-2-4-6(5)8(12)13/h1-4H,(H,10,11)(H,12,13)/p-1. The molecule has 0 saturated heterocycles. The summed E-state index contributed by atoms with van der Waals surface area (Å²) in [5.41, 5.74) is -0.196. The smallest absolute Gasteiger partial charge is 0.266 e. The van der Waals surface area contributed by atoms with Crippen LogP contribution in [0.3, 0.4) is 0 Å². The van der Waals surface area contributed by atoms with E-state index in [0.717, 1.165) is 0 Å². The van der Waals surface area contributed by atoms with Crippen molar-refractivity contribution in [1.82, 2.24) is 4.84 Å². The largest absolute Gasteiger partial charge is 0.545 e. The highest BCUT2D eigenvalue weighted by atomic mass is 35.5. The number of hydrogen-bond donors (Lipinski definition) is 1. The third kappa shape index (κ3) is 1.97. The van der Waals surface area contributed by atoms with Crippen molar-refractivity contribution in [1.29, 1.82) is 0 Å². The Hall–Kier alpha value is -1.55. The van der Waals surface area contributed by atoms with Crippen LogP contribution in [0.1, 0.15) is 20.7 Å². The predicted octanol–water partition coefficient (Wildman–Crippen LogP) is -0.0663. The Morgan fingerprint density at radius 1 is 1.23 bits per heavy atom. The van der Waals surface area contributed by atoms with E-state index in [4.69, 9.17) is 11.8 Å². The van der Waals surface area contributed by atoms with Crippen molar-refractivity contribution >= 4 is 23.7 Å². The summed E-state index contributed by atoms with van der Waals surface area (Å²) in [6.45, 7) is 0. The number of carbonyl (C=O) groups excluding carboxylic acids is 2. The summed E-state index contributed by atoms with van der Waals surface area (Å²) in [4.78, 5) is 23.3. The normalized spacial score (nSPS) is 9.31. The third-order valence-electron chi connectivity index (χ3n) is 1.48. The minimum atomic E-state index is -1.41. The summed E-state index contributed by atoms with van der Waals surface area (Å²) in [7, 11) is 0. The number of carboxylic acids is 1. The van der Waals surface area contributed by atoms with Gasteiger partial charge in [-0.1, -0.05) is 18.2 Å². The molecular formula is C8H5ClNO3-. The van der Waals surface area contributed by atoms with E-state index in [9.17, 15) is 14.7 Å². The van der Waals surface area contributed by atoms with E-state index < -0.39 is 11.9 Å². The van der Waals surface area contributed by atoms with E-state index in [1.165, 1.54) is 24.3 Å². The van der Waals surface area contributed by atoms with Gasteiger partial charge in [0, 0.05) is 22.9 Å². The van der Waals surface area contributed by atoms with Crippen molar-refractivity contribution in [2.45, 2.75) is 0 Å². The van der Waals surface area contributed by atoms with Crippen LogP contribution < -0.4 is 9.94 Å². The Labute approximate surface area is 79.2 Å². The molecule has 0 aromatic heterocycles. The molecule has 0 radical (unpaired) electrons. The van der Waals surface area contributed by atoms with Gasteiger partial charge in [0.25, 0.3) is 5.91 Å². The van der Waals surface area contributed by atoms with Gasteiger partial charge in [0.2, 0.25) is 0 Å². The van der Waals surface area contributed by atoms with Crippen LogP contribution in [0.5, 0.6) is 0 Å². The van der Waals surface area contributed by atoms with Gasteiger partial charge in [-0.25, -0.2) is 0 Å². The molecule has 0 saturated carbocycles. The van der Waals surface area contributed by atoms with Gasteiger partial charge in [0.15, 0.2) is 0 Å². The monoisotopic (exact) mass is 198 g/mol. The Morgan fingerprint density at radius 2 is 1.77 bits per heavy atom. The van der Waals surface area contributed by atoms with Crippen molar-refractivity contribution in [2.24, 2.45) is 0 Å². The van der Waals surface area contributed by atoms with Crippen LogP contribution in [-0.2, 0) is 0 Å². The first kappa shape index (κ1) is 9.54. The Balaban J connectivity index is 3.19. The topological polar surface area (TPSA) is 69.2 Å². The Kier molecular flexibility index (Phi) is 2.87. The second kappa shape index (κ2) is 3.91. The molecule has 0 aliphatic carbocycles. The number of benzene rings is 1. The second-order valence-electron chi connectivity index (χ2n) is 2.26. The van der Waals surface area contributed by atoms with E-state index in [2.05, 4.69) is 0 Å². The Bertz CT molecular complexity index is 351. The molecule has 4 nitrogen and oxygen atoms in total. The maximum absolute atomic E-state index is 11.0. The maximum atomic E-state index is 11.0. The summed E-state index contributed by atoms with van der Waals surface area (Å²) >= 11 is 5.05. The number of halogens is 1. The van der Waals surface area contributed by atoms with Crippen LogP contribution in [0.2, 0.25) is 0 Å². The van der Waals surface area contributed by atoms with Crippen molar-refractivity contribution in [3.8, 4) is 0 Å². The summed E-state index contributed by atoms with van der Waals surface area (Å²) in [6, 6.07) is 5.66. The van der Waals surface area contributed by atoms with Gasteiger partial charge in [-0.15, -0.1) is 0 Å². The van der Waals surface area contributed by atoms with Crippen LogP contribution in [0.15, 0.2) is 24.3 Å². The second-order valence-corrected chi connectivity index (χ2v) is 2.45. The van der Waals surface area contributed by atoms with Crippen LogP contribution in [0, 0.1) is 0 Å². The molecule has 1 amide bonds. The minimum absolute atomic E-state index is 0.0162. The SMILES string of the molecule is O=C([O-])c1ccccc1C(=O)NCl. The summed E-state index contributed by atoms with van der Waals surface area (Å²) < 4.78 is 0. The van der Waals surface area contributed by atoms with E-state index >= 15 is 0 Å². The minimum Gasteiger partial charge on any atom is -0.545 e. The van der Waals surface area contributed by atoms with Crippen LogP contribution >= 0.6 is 11.8 Å². The molecule has 1 aromatic rings. The van der Waals surface area contributed by atoms with Crippen molar-refractivity contribution in [3.05, 3.63) is 35.4 Å². The quantitative estimate of drug-likeness (QED) is 0.677. The van der Waals surface area contributed by atoms with Gasteiger partial charge >= 0.3 is 0 Å². The zero-order valence-corrected chi connectivity index (χ0v) is 7.17. The van der Waals surface area contributed by atoms with Crippen LogP contribution in [-0.4, -0.2) is 11.9 Å². The number of aromatic carboxylic acids is 1. The fraction of sp³-hybridized carbons (Fsp3) is 0. The molecule has 1 N–H and O–H groups in total. The van der Waals surface area contributed by atoms with Gasteiger partial charge in [-0.05, 0) is 6.07 Å². The number of nitrogens with one attached hydrogen (secondary N) is 1. The molecule has 0 heterocycles. The summed E-state index contributed by atoms with van der Waals surface area (Å²) in [6.07, 6.45) is 0. The molecule has 13 heavy (non-hydrogen) atoms. The fourth-order valence-corrected chi connectivity index (χ4v) is 1.01. The number of carbonyl (C=O) groups is 2. The highest BCUT2D eigenvalue weighted by molar-refractivity contribution is 6.25. The molecule has 0 fully saturated rings. The molecular weight excluding hydrogens is 194 g/mol. The first-order valence-corrected chi connectivity index (χ1v) is 3.76. The predicted molar refractivity (Wildman–Crippen MR) is 44.1 cm³/mol. The molecule has 0 bridgehead atoms. The van der Waals surface area contributed by atoms with Crippen LogP contribution in [0.25, 0.3) is 0 Å². The van der Waals surface area contributed by atoms with Gasteiger partial charge in [-0.3, -0.25) is 9.63 Å². The lowest BCUT2D eigenvalue weighted by molar-refractivity contribution is -0.255. The molecule has 5 heteroatoms. The van der Waals surface area contributed by atoms with Crippen LogP contribution in [0.4, 0.5) is 0 Å². The third-order valence-corrected chi connectivity index (χ3v) is 1.65. The van der Waals surface area contributed by atoms with Gasteiger partial charge in [0.1, 0.15) is 0 Å². The average molecular weight is 199 g/mol. The Morgan fingerprint density at radius 3 is 2.23 bits per heavy atom. The molecule has 1 aromatic carbocycles. The van der Waals surface area contributed by atoms with E-state index in [1.807, 2.05) is 4.84 Å². The van der Waals surface area contributed by atoms with Gasteiger partial charge in [0.05, 0.1) is 5.97 Å². The van der Waals surface area contributed by atoms with Crippen molar-refractivity contribution < 1.29 is 14.7 Å². The molecule has 68 valence electrons. The number of rotatable bonds is 2. The summed E-state index contributed by atoms with van der Waals surface area (Å²) in [5.74, 6) is -2.07. The van der Waals surface area contributed by atoms with E-state index in [1.54, 1.807) is 0 Å².